The maximum atomic E-state index is 12.8. The molecule has 28 heavy (non-hydrogen) atoms. The summed E-state index contributed by atoms with van der Waals surface area (Å²) in [6.45, 7) is 4.85. The molecule has 0 spiro atoms. The molecule has 2 aromatic rings. The van der Waals surface area contributed by atoms with E-state index < -0.39 is 10.0 Å². The molecule has 1 aliphatic heterocycles. The van der Waals surface area contributed by atoms with Gasteiger partial charge < -0.3 is 10.1 Å². The van der Waals surface area contributed by atoms with Crippen LogP contribution < -0.4 is 10.1 Å². The van der Waals surface area contributed by atoms with Crippen LogP contribution in [-0.2, 0) is 10.0 Å². The second-order valence-corrected chi connectivity index (χ2v) is 9.32. The number of hydrogen-bond donors (Lipinski definition) is 1. The minimum absolute atomic E-state index is 0.124. The van der Waals surface area contributed by atoms with E-state index in [1.165, 1.54) is 16.4 Å². The lowest BCUT2D eigenvalue weighted by molar-refractivity contribution is 0.0924. The van der Waals surface area contributed by atoms with E-state index >= 15 is 0 Å². The average molecular weight is 467 g/mol. The minimum atomic E-state index is -3.62. The van der Waals surface area contributed by atoms with E-state index in [2.05, 4.69) is 21.2 Å². The number of ether oxygens (including phenoxy) is 1. The molecule has 1 unspecified atom stereocenters. The largest absolute Gasteiger partial charge is 0.493 e. The Labute approximate surface area is 174 Å². The molecule has 0 aromatic heterocycles. The first-order valence-corrected chi connectivity index (χ1v) is 11.4. The fraction of sp³-hybridized carbons (Fsp3) is 0.350. The molecule has 2 aromatic carbocycles. The number of rotatable bonds is 6. The van der Waals surface area contributed by atoms with Crippen LogP contribution in [0.25, 0.3) is 0 Å². The highest BCUT2D eigenvalue weighted by molar-refractivity contribution is 9.10. The summed E-state index contributed by atoms with van der Waals surface area (Å²) in [6.07, 6.45) is 0.645. The van der Waals surface area contributed by atoms with E-state index in [1.807, 2.05) is 18.2 Å². The lowest BCUT2D eigenvalue weighted by Crippen LogP contribution is -2.33. The summed E-state index contributed by atoms with van der Waals surface area (Å²) in [4.78, 5) is 12.9. The van der Waals surface area contributed by atoms with Gasteiger partial charge in [-0.2, -0.15) is 4.31 Å². The average Bonchev–Trinajstić information content (AvgIpc) is 2.69. The summed E-state index contributed by atoms with van der Waals surface area (Å²) >= 11 is 3.45. The highest BCUT2D eigenvalue weighted by Crippen LogP contribution is 2.34. The molecule has 1 atom stereocenters. The number of sulfonamides is 1. The first-order chi connectivity index (χ1) is 13.4. The van der Waals surface area contributed by atoms with Crippen LogP contribution in [0, 0.1) is 0 Å². The van der Waals surface area contributed by atoms with Crippen LogP contribution in [0.15, 0.2) is 51.8 Å². The van der Waals surface area contributed by atoms with Crippen LogP contribution in [0.4, 0.5) is 0 Å². The molecule has 3 rings (SSSR count). The number of halogens is 1. The normalized spacial score (nSPS) is 16.4. The van der Waals surface area contributed by atoms with Gasteiger partial charge in [0.1, 0.15) is 5.75 Å². The Morgan fingerprint density at radius 3 is 2.68 bits per heavy atom. The highest BCUT2D eigenvalue weighted by Gasteiger charge is 2.26. The molecule has 1 aliphatic rings. The zero-order valence-electron chi connectivity index (χ0n) is 15.8. The van der Waals surface area contributed by atoms with Gasteiger partial charge in [-0.15, -0.1) is 0 Å². The van der Waals surface area contributed by atoms with E-state index in [-0.39, 0.29) is 16.8 Å². The quantitative estimate of drug-likeness (QED) is 0.703. The zero-order valence-corrected chi connectivity index (χ0v) is 18.2. The first kappa shape index (κ1) is 20.8. The third-order valence-electron chi connectivity index (χ3n) is 4.76. The Morgan fingerprint density at radius 1 is 1.21 bits per heavy atom. The van der Waals surface area contributed by atoms with Gasteiger partial charge in [0.15, 0.2) is 0 Å². The first-order valence-electron chi connectivity index (χ1n) is 9.20. The fourth-order valence-electron chi connectivity index (χ4n) is 3.27. The van der Waals surface area contributed by atoms with Gasteiger partial charge in [-0.3, -0.25) is 4.79 Å². The molecule has 6 nitrogen and oxygen atoms in total. The predicted molar refractivity (Wildman–Crippen MR) is 111 cm³/mol. The van der Waals surface area contributed by atoms with Crippen molar-refractivity contribution < 1.29 is 17.9 Å². The van der Waals surface area contributed by atoms with E-state index in [0.717, 1.165) is 15.8 Å². The zero-order chi connectivity index (χ0) is 20.3. The van der Waals surface area contributed by atoms with Gasteiger partial charge in [0.05, 0.1) is 17.5 Å². The van der Waals surface area contributed by atoms with Gasteiger partial charge in [0.2, 0.25) is 10.0 Å². The van der Waals surface area contributed by atoms with Crippen molar-refractivity contribution in [1.29, 1.82) is 0 Å². The maximum absolute atomic E-state index is 12.8. The van der Waals surface area contributed by atoms with Crippen molar-refractivity contribution in [2.24, 2.45) is 0 Å². The van der Waals surface area contributed by atoms with Crippen LogP contribution in [-0.4, -0.2) is 38.3 Å². The van der Waals surface area contributed by atoms with Crippen LogP contribution in [0.2, 0.25) is 0 Å². The number of amides is 1. The Bertz CT molecular complexity index is 974. The SMILES string of the molecule is CCN(CC)S(=O)(=O)c1cccc(C(=O)NC2CCOc3ccc(Br)cc32)c1. The Kier molecular flexibility index (Phi) is 6.42. The number of carbonyl (C=O) groups excluding carboxylic acids is 1. The van der Waals surface area contributed by atoms with E-state index in [0.29, 0.717) is 31.7 Å². The van der Waals surface area contributed by atoms with Gasteiger partial charge in [-0.25, -0.2) is 8.42 Å². The van der Waals surface area contributed by atoms with Gasteiger partial charge in [0, 0.05) is 35.1 Å². The Hall–Kier alpha value is -1.90. The predicted octanol–water partition coefficient (Wildman–Crippen LogP) is 3.73. The monoisotopic (exact) mass is 466 g/mol. The van der Waals surface area contributed by atoms with Crippen molar-refractivity contribution in [3.63, 3.8) is 0 Å². The second-order valence-electron chi connectivity index (χ2n) is 6.46. The highest BCUT2D eigenvalue weighted by atomic mass is 79.9. The molecule has 0 saturated carbocycles. The molecule has 150 valence electrons. The van der Waals surface area contributed by atoms with E-state index in [4.69, 9.17) is 4.74 Å². The molecule has 0 saturated heterocycles. The smallest absolute Gasteiger partial charge is 0.251 e. The minimum Gasteiger partial charge on any atom is -0.493 e. The molecular formula is C20H23BrN2O4S. The molecular weight excluding hydrogens is 444 g/mol. The molecule has 1 heterocycles. The lowest BCUT2D eigenvalue weighted by atomic mass is 10.00. The van der Waals surface area contributed by atoms with Gasteiger partial charge in [-0.05, 0) is 36.4 Å². The second kappa shape index (κ2) is 8.63. The molecule has 0 radical (unpaired) electrons. The standard InChI is InChI=1S/C20H23BrN2O4S/c1-3-23(4-2)28(25,26)16-7-5-6-14(12-16)20(24)22-18-10-11-27-19-9-8-15(21)13-17(18)19/h5-9,12-13,18H,3-4,10-11H2,1-2H3,(H,22,24). The van der Waals surface area contributed by atoms with Gasteiger partial charge >= 0.3 is 0 Å². The van der Waals surface area contributed by atoms with Crippen LogP contribution in [0.5, 0.6) is 5.75 Å². The number of carbonyl (C=O) groups is 1. The number of nitrogens with one attached hydrogen (secondary N) is 1. The van der Waals surface area contributed by atoms with E-state index in [1.54, 1.807) is 26.0 Å². The topological polar surface area (TPSA) is 75.7 Å². The Morgan fingerprint density at radius 2 is 1.96 bits per heavy atom. The summed E-state index contributed by atoms with van der Waals surface area (Å²) in [5, 5.41) is 3.01. The summed E-state index contributed by atoms with van der Waals surface area (Å²) in [7, 11) is -3.62. The fourth-order valence-corrected chi connectivity index (χ4v) is 5.15. The third-order valence-corrected chi connectivity index (χ3v) is 7.30. The number of benzene rings is 2. The van der Waals surface area contributed by atoms with Gasteiger partial charge in [-0.1, -0.05) is 35.8 Å². The van der Waals surface area contributed by atoms with Crippen LogP contribution in [0.1, 0.15) is 42.2 Å². The van der Waals surface area contributed by atoms with Crippen molar-refractivity contribution in [3.8, 4) is 5.75 Å². The molecule has 0 bridgehead atoms. The third kappa shape index (κ3) is 4.24. The number of nitrogens with zero attached hydrogens (tertiary/aromatic N) is 1. The van der Waals surface area contributed by atoms with Crippen molar-refractivity contribution in [2.45, 2.75) is 31.2 Å². The molecule has 1 amide bonds. The van der Waals surface area contributed by atoms with Crippen molar-refractivity contribution in [2.75, 3.05) is 19.7 Å². The van der Waals surface area contributed by atoms with Crippen LogP contribution in [0.3, 0.4) is 0 Å². The lowest BCUT2D eigenvalue weighted by Gasteiger charge is -2.27. The van der Waals surface area contributed by atoms with E-state index in [9.17, 15) is 13.2 Å². The van der Waals surface area contributed by atoms with Crippen molar-refractivity contribution >= 4 is 31.9 Å². The summed E-state index contributed by atoms with van der Waals surface area (Å²) < 4.78 is 33.4. The molecule has 8 heteroatoms. The van der Waals surface area contributed by atoms with Crippen molar-refractivity contribution in [3.05, 3.63) is 58.1 Å². The summed E-state index contributed by atoms with van der Waals surface area (Å²) in [5.74, 6) is 0.437. The summed E-state index contributed by atoms with van der Waals surface area (Å²) in [6, 6.07) is 11.7. The van der Waals surface area contributed by atoms with Crippen molar-refractivity contribution in [1.82, 2.24) is 9.62 Å². The van der Waals surface area contributed by atoms with Crippen LogP contribution >= 0.6 is 15.9 Å². The maximum Gasteiger partial charge on any atom is 0.251 e. The molecule has 1 N–H and O–H groups in total. The number of fused-ring (bicyclic) bond motifs is 1. The molecule has 0 aliphatic carbocycles. The summed E-state index contributed by atoms with van der Waals surface area (Å²) in [5.41, 5.74) is 1.22. The van der Waals surface area contributed by atoms with Gasteiger partial charge in [0.25, 0.3) is 5.91 Å². The number of hydrogen-bond acceptors (Lipinski definition) is 4. The Balaban J connectivity index is 1.85. The molecule has 0 fully saturated rings.